The zero-order valence-corrected chi connectivity index (χ0v) is 12.9. The molecule has 0 atom stereocenters. The highest BCUT2D eigenvalue weighted by atomic mass is 16.5. The molecule has 1 aliphatic heterocycles. The molecule has 1 rings (SSSR count). The van der Waals surface area contributed by atoms with Gasteiger partial charge in [-0.25, -0.2) is 0 Å². The topological polar surface area (TPSA) is 61.9 Å². The summed E-state index contributed by atoms with van der Waals surface area (Å²) in [6, 6.07) is 0.498. The summed E-state index contributed by atoms with van der Waals surface area (Å²) in [6.45, 7) is 3.26. The van der Waals surface area contributed by atoms with E-state index < -0.39 is 0 Å². The van der Waals surface area contributed by atoms with Crippen molar-refractivity contribution in [2.45, 2.75) is 31.7 Å². The molecule has 0 spiro atoms. The van der Waals surface area contributed by atoms with Crippen molar-refractivity contribution in [1.82, 2.24) is 15.1 Å². The number of hydrogen-bond acceptors (Lipinski definition) is 5. The summed E-state index contributed by atoms with van der Waals surface area (Å²) in [5.74, 6) is 0.0123. The smallest absolute Gasteiger partial charge is 0.305 e. The molecule has 0 bridgehead atoms. The summed E-state index contributed by atoms with van der Waals surface area (Å²) in [4.78, 5) is 26.4. The Labute approximate surface area is 121 Å². The van der Waals surface area contributed by atoms with Crippen LogP contribution in [0.3, 0.4) is 0 Å². The number of methoxy groups -OCH3 is 1. The summed E-state index contributed by atoms with van der Waals surface area (Å²) in [5, 5.41) is 3.47. The minimum Gasteiger partial charge on any atom is -0.469 e. The molecule has 0 saturated carbocycles. The highest BCUT2D eigenvalue weighted by Crippen LogP contribution is 2.10. The monoisotopic (exact) mass is 285 g/mol. The average Bonchev–Trinajstić information content (AvgIpc) is 2.44. The van der Waals surface area contributed by atoms with Crippen molar-refractivity contribution in [3.63, 3.8) is 0 Å². The quantitative estimate of drug-likeness (QED) is 0.530. The molecule has 20 heavy (non-hydrogen) atoms. The lowest BCUT2D eigenvalue weighted by atomic mass is 10.0. The van der Waals surface area contributed by atoms with Crippen molar-refractivity contribution >= 4 is 11.9 Å². The maximum atomic E-state index is 11.6. The highest BCUT2D eigenvalue weighted by Gasteiger charge is 2.20. The maximum absolute atomic E-state index is 11.6. The Morgan fingerprint density at radius 3 is 2.50 bits per heavy atom. The second kappa shape index (κ2) is 8.92. The predicted molar refractivity (Wildman–Crippen MR) is 77.4 cm³/mol. The number of ether oxygens (including phenoxy) is 1. The molecule has 0 radical (unpaired) electrons. The summed E-state index contributed by atoms with van der Waals surface area (Å²) in [5.41, 5.74) is 0. The minimum atomic E-state index is -0.149. The fraction of sp³-hybridized carbons (Fsp3) is 0.857. The van der Waals surface area contributed by atoms with E-state index in [4.69, 9.17) is 0 Å². The molecule has 1 aliphatic rings. The van der Waals surface area contributed by atoms with Gasteiger partial charge in [0.15, 0.2) is 0 Å². The van der Waals surface area contributed by atoms with Gasteiger partial charge in [-0.3, -0.25) is 14.5 Å². The van der Waals surface area contributed by atoms with Gasteiger partial charge in [0.2, 0.25) is 5.91 Å². The van der Waals surface area contributed by atoms with Gasteiger partial charge >= 0.3 is 5.97 Å². The van der Waals surface area contributed by atoms with Crippen molar-refractivity contribution in [1.29, 1.82) is 0 Å². The van der Waals surface area contributed by atoms with Crippen molar-refractivity contribution in [3.8, 4) is 0 Å². The summed E-state index contributed by atoms with van der Waals surface area (Å²) in [6.07, 6.45) is 3.39. The van der Waals surface area contributed by atoms with Crippen molar-refractivity contribution in [2.24, 2.45) is 0 Å². The lowest BCUT2D eigenvalue weighted by molar-refractivity contribution is -0.140. The Kier molecular flexibility index (Phi) is 7.54. The Bertz CT molecular complexity index is 313. The van der Waals surface area contributed by atoms with E-state index >= 15 is 0 Å². The van der Waals surface area contributed by atoms with Gasteiger partial charge in [-0.2, -0.15) is 0 Å². The van der Waals surface area contributed by atoms with E-state index in [2.05, 4.69) is 15.0 Å². The van der Waals surface area contributed by atoms with Gasteiger partial charge in [0.1, 0.15) is 0 Å². The van der Waals surface area contributed by atoms with Crippen LogP contribution in [0, 0.1) is 0 Å². The molecule has 1 amide bonds. The first kappa shape index (κ1) is 16.9. The second-order valence-electron chi connectivity index (χ2n) is 5.47. The molecule has 1 fully saturated rings. The molecule has 6 nitrogen and oxygen atoms in total. The van der Waals surface area contributed by atoms with Crippen LogP contribution in [0.25, 0.3) is 0 Å². The van der Waals surface area contributed by atoms with E-state index in [1.54, 1.807) is 19.0 Å². The number of hydrogen-bond donors (Lipinski definition) is 1. The maximum Gasteiger partial charge on any atom is 0.305 e. The van der Waals surface area contributed by atoms with Crippen LogP contribution in [0.4, 0.5) is 0 Å². The standard InChI is InChI=1S/C14H27N3O3/c1-16(2)13(18)11-17-9-6-12(7-10-17)15-8-4-5-14(19)20-3/h12,15H,4-11H2,1-3H3. The zero-order chi connectivity index (χ0) is 15.0. The summed E-state index contributed by atoms with van der Waals surface area (Å²) in [7, 11) is 5.00. The number of esters is 1. The van der Waals surface area contributed by atoms with E-state index in [1.165, 1.54) is 7.11 Å². The predicted octanol–water partition coefficient (Wildman–Crippen LogP) is 0.0818. The van der Waals surface area contributed by atoms with Crippen LogP contribution in [0.1, 0.15) is 25.7 Å². The van der Waals surface area contributed by atoms with Crippen LogP contribution >= 0.6 is 0 Å². The lowest BCUT2D eigenvalue weighted by Gasteiger charge is -2.32. The molecule has 0 aromatic heterocycles. The van der Waals surface area contributed by atoms with Gasteiger partial charge in [-0.15, -0.1) is 0 Å². The molecule has 6 heteroatoms. The molecule has 1 heterocycles. The third-order valence-electron chi connectivity index (χ3n) is 3.66. The summed E-state index contributed by atoms with van der Waals surface area (Å²) >= 11 is 0. The van der Waals surface area contributed by atoms with Crippen LogP contribution in [0.15, 0.2) is 0 Å². The van der Waals surface area contributed by atoms with Crippen LogP contribution < -0.4 is 5.32 Å². The first-order valence-electron chi connectivity index (χ1n) is 7.25. The number of likely N-dealkylation sites (N-methyl/N-ethyl adjacent to an activating group) is 1. The van der Waals surface area contributed by atoms with Crippen LogP contribution in [0.5, 0.6) is 0 Å². The largest absolute Gasteiger partial charge is 0.469 e. The van der Waals surface area contributed by atoms with Gasteiger partial charge in [0.25, 0.3) is 0 Å². The Hall–Kier alpha value is -1.14. The fourth-order valence-electron chi connectivity index (χ4n) is 2.27. The number of carbonyl (C=O) groups is 2. The molecule has 1 saturated heterocycles. The molecule has 0 aliphatic carbocycles. The summed E-state index contributed by atoms with van der Waals surface area (Å²) < 4.78 is 4.60. The number of nitrogens with one attached hydrogen (secondary N) is 1. The number of rotatable bonds is 7. The first-order valence-corrected chi connectivity index (χ1v) is 7.25. The van der Waals surface area contributed by atoms with E-state index in [1.807, 2.05) is 0 Å². The SMILES string of the molecule is COC(=O)CCCNC1CCN(CC(=O)N(C)C)CC1. The molecular weight excluding hydrogens is 258 g/mol. The van der Waals surface area contributed by atoms with Gasteiger partial charge in [-0.05, 0) is 25.8 Å². The highest BCUT2D eigenvalue weighted by molar-refractivity contribution is 5.77. The Morgan fingerprint density at radius 1 is 1.30 bits per heavy atom. The van der Waals surface area contributed by atoms with Gasteiger partial charge in [0.05, 0.1) is 13.7 Å². The normalized spacial score (nSPS) is 16.9. The minimum absolute atomic E-state index is 0.149. The van der Waals surface area contributed by atoms with Gasteiger partial charge in [-0.1, -0.05) is 0 Å². The van der Waals surface area contributed by atoms with Crippen molar-refractivity contribution < 1.29 is 14.3 Å². The fourth-order valence-corrected chi connectivity index (χ4v) is 2.27. The van der Waals surface area contributed by atoms with E-state index in [-0.39, 0.29) is 11.9 Å². The van der Waals surface area contributed by atoms with E-state index in [0.29, 0.717) is 19.0 Å². The van der Waals surface area contributed by atoms with Crippen LogP contribution in [0.2, 0.25) is 0 Å². The third kappa shape index (κ3) is 6.34. The first-order chi connectivity index (χ1) is 9.52. The average molecular weight is 285 g/mol. The molecule has 116 valence electrons. The van der Waals surface area contributed by atoms with Crippen LogP contribution in [-0.4, -0.2) is 75.1 Å². The van der Waals surface area contributed by atoms with E-state index in [0.717, 1.165) is 38.9 Å². The Morgan fingerprint density at radius 2 is 1.95 bits per heavy atom. The second-order valence-corrected chi connectivity index (χ2v) is 5.47. The third-order valence-corrected chi connectivity index (χ3v) is 3.66. The number of nitrogens with zero attached hydrogens (tertiary/aromatic N) is 2. The number of likely N-dealkylation sites (tertiary alicyclic amines) is 1. The number of piperidine rings is 1. The van der Waals surface area contributed by atoms with E-state index in [9.17, 15) is 9.59 Å². The lowest BCUT2D eigenvalue weighted by Crippen LogP contribution is -2.46. The molecule has 0 aromatic carbocycles. The van der Waals surface area contributed by atoms with Crippen molar-refractivity contribution in [2.75, 3.05) is 47.4 Å². The van der Waals surface area contributed by atoms with Crippen molar-refractivity contribution in [3.05, 3.63) is 0 Å². The number of amides is 1. The molecule has 0 aromatic rings. The molecule has 1 N–H and O–H groups in total. The Balaban J connectivity index is 2.10. The number of carbonyl (C=O) groups excluding carboxylic acids is 2. The van der Waals surface area contributed by atoms with Gasteiger partial charge in [0, 0.05) is 39.6 Å². The van der Waals surface area contributed by atoms with Gasteiger partial charge < -0.3 is 15.0 Å². The van der Waals surface area contributed by atoms with Crippen LogP contribution in [-0.2, 0) is 14.3 Å². The molecular formula is C14H27N3O3. The zero-order valence-electron chi connectivity index (χ0n) is 12.9. The molecule has 0 unspecified atom stereocenters.